The predicted octanol–water partition coefficient (Wildman–Crippen LogP) is 3.06. The van der Waals surface area contributed by atoms with Gasteiger partial charge in [0.1, 0.15) is 5.75 Å². The summed E-state index contributed by atoms with van der Waals surface area (Å²) < 4.78 is 10.3. The summed E-state index contributed by atoms with van der Waals surface area (Å²) in [4.78, 5) is 24.4. The van der Waals surface area contributed by atoms with Crippen molar-refractivity contribution >= 4 is 34.9 Å². The fraction of sp³-hybridized carbons (Fsp3) is 0.227. The molecule has 1 aliphatic rings. The van der Waals surface area contributed by atoms with Gasteiger partial charge < -0.3 is 25.4 Å². The van der Waals surface area contributed by atoms with Gasteiger partial charge in [0.2, 0.25) is 0 Å². The molecule has 0 saturated heterocycles. The van der Waals surface area contributed by atoms with Gasteiger partial charge in [-0.2, -0.15) is 0 Å². The van der Waals surface area contributed by atoms with E-state index in [9.17, 15) is 9.59 Å². The SMILES string of the molecule is CCOC(=O)COc1ccc([C@@H]2NC(=S)NC(C)=C2C(=O)Nc2ccccc2)cc1. The Morgan fingerprint density at radius 1 is 1.10 bits per heavy atom. The number of anilines is 1. The van der Waals surface area contributed by atoms with Crippen molar-refractivity contribution in [3.63, 3.8) is 0 Å². The lowest BCUT2D eigenvalue weighted by atomic mass is 9.95. The van der Waals surface area contributed by atoms with E-state index < -0.39 is 12.0 Å². The Morgan fingerprint density at radius 2 is 1.80 bits per heavy atom. The topological polar surface area (TPSA) is 88.7 Å². The van der Waals surface area contributed by atoms with E-state index in [4.69, 9.17) is 21.7 Å². The highest BCUT2D eigenvalue weighted by molar-refractivity contribution is 7.80. The van der Waals surface area contributed by atoms with Crippen LogP contribution in [0, 0.1) is 0 Å². The van der Waals surface area contributed by atoms with Crippen molar-refractivity contribution < 1.29 is 19.1 Å². The van der Waals surface area contributed by atoms with Crippen molar-refractivity contribution in [2.75, 3.05) is 18.5 Å². The fourth-order valence-electron chi connectivity index (χ4n) is 3.07. The number of carbonyl (C=O) groups excluding carboxylic acids is 2. The molecule has 3 rings (SSSR count). The van der Waals surface area contributed by atoms with E-state index >= 15 is 0 Å². The molecule has 2 aromatic carbocycles. The lowest BCUT2D eigenvalue weighted by Crippen LogP contribution is -2.45. The van der Waals surface area contributed by atoms with Crippen LogP contribution in [0.4, 0.5) is 5.69 Å². The van der Waals surface area contributed by atoms with E-state index in [1.54, 1.807) is 19.1 Å². The lowest BCUT2D eigenvalue weighted by Gasteiger charge is -2.30. The second-order valence-electron chi connectivity index (χ2n) is 6.55. The highest BCUT2D eigenvalue weighted by Gasteiger charge is 2.30. The number of allylic oxidation sites excluding steroid dienone is 1. The molecule has 0 saturated carbocycles. The van der Waals surface area contributed by atoms with Gasteiger partial charge in [0.05, 0.1) is 18.2 Å². The first-order valence-electron chi connectivity index (χ1n) is 9.51. The van der Waals surface area contributed by atoms with Crippen LogP contribution >= 0.6 is 12.2 Å². The highest BCUT2D eigenvalue weighted by atomic mass is 32.1. The molecule has 2 aromatic rings. The molecule has 1 amide bonds. The Kier molecular flexibility index (Phi) is 7.03. The minimum Gasteiger partial charge on any atom is -0.482 e. The summed E-state index contributed by atoms with van der Waals surface area (Å²) in [5.41, 5.74) is 2.75. The Hall–Kier alpha value is -3.39. The second-order valence-corrected chi connectivity index (χ2v) is 6.96. The first kappa shape index (κ1) is 21.3. The minimum absolute atomic E-state index is 0.160. The van der Waals surface area contributed by atoms with Gasteiger partial charge in [-0.25, -0.2) is 4.79 Å². The molecule has 0 unspecified atom stereocenters. The molecule has 1 atom stereocenters. The van der Waals surface area contributed by atoms with Gasteiger partial charge >= 0.3 is 5.97 Å². The molecule has 0 bridgehead atoms. The number of para-hydroxylation sites is 1. The lowest BCUT2D eigenvalue weighted by molar-refractivity contribution is -0.145. The van der Waals surface area contributed by atoms with Crippen molar-refractivity contribution in [3.8, 4) is 5.75 Å². The van der Waals surface area contributed by atoms with Gasteiger partial charge in [0, 0.05) is 11.4 Å². The number of carbonyl (C=O) groups is 2. The second kappa shape index (κ2) is 9.89. The summed E-state index contributed by atoms with van der Waals surface area (Å²) >= 11 is 5.29. The average molecular weight is 426 g/mol. The van der Waals surface area contributed by atoms with Crippen LogP contribution in [-0.4, -0.2) is 30.2 Å². The quantitative estimate of drug-likeness (QED) is 0.464. The van der Waals surface area contributed by atoms with Crippen LogP contribution in [0.5, 0.6) is 5.75 Å². The number of nitrogens with one attached hydrogen (secondary N) is 3. The van der Waals surface area contributed by atoms with Gasteiger partial charge in [0.25, 0.3) is 5.91 Å². The zero-order valence-corrected chi connectivity index (χ0v) is 17.5. The third-order valence-electron chi connectivity index (χ3n) is 4.42. The van der Waals surface area contributed by atoms with Gasteiger partial charge in [-0.3, -0.25) is 4.79 Å². The predicted molar refractivity (Wildman–Crippen MR) is 118 cm³/mol. The monoisotopic (exact) mass is 425 g/mol. The fourth-order valence-corrected chi connectivity index (χ4v) is 3.34. The van der Waals surface area contributed by atoms with Gasteiger partial charge in [-0.15, -0.1) is 0 Å². The number of thiocarbonyl (C=S) groups is 1. The average Bonchev–Trinajstić information content (AvgIpc) is 2.73. The normalized spacial score (nSPS) is 15.7. The molecular weight excluding hydrogens is 402 g/mol. The minimum atomic E-state index is -0.429. The molecule has 30 heavy (non-hydrogen) atoms. The van der Waals surface area contributed by atoms with Crippen LogP contribution in [-0.2, 0) is 14.3 Å². The molecule has 0 aliphatic carbocycles. The summed E-state index contributed by atoms with van der Waals surface area (Å²) in [6, 6.07) is 16.0. The maximum absolute atomic E-state index is 13.0. The smallest absolute Gasteiger partial charge is 0.344 e. The van der Waals surface area contributed by atoms with Crippen LogP contribution in [0.2, 0.25) is 0 Å². The zero-order valence-electron chi connectivity index (χ0n) is 16.7. The summed E-state index contributed by atoms with van der Waals surface area (Å²) in [6.07, 6.45) is 0. The van der Waals surface area contributed by atoms with E-state index in [2.05, 4.69) is 16.0 Å². The van der Waals surface area contributed by atoms with Crippen LogP contribution in [0.25, 0.3) is 0 Å². The van der Waals surface area contributed by atoms with Crippen LogP contribution in [0.15, 0.2) is 65.9 Å². The largest absolute Gasteiger partial charge is 0.482 e. The number of esters is 1. The van der Waals surface area contributed by atoms with Crippen molar-refractivity contribution in [2.24, 2.45) is 0 Å². The zero-order chi connectivity index (χ0) is 21.5. The maximum atomic E-state index is 13.0. The third kappa shape index (κ3) is 5.36. The maximum Gasteiger partial charge on any atom is 0.344 e. The molecule has 0 spiro atoms. The number of benzene rings is 2. The summed E-state index contributed by atoms with van der Waals surface area (Å²) in [7, 11) is 0. The van der Waals surface area contributed by atoms with E-state index in [1.807, 2.05) is 49.4 Å². The Morgan fingerprint density at radius 3 is 2.47 bits per heavy atom. The molecule has 1 heterocycles. The first-order chi connectivity index (χ1) is 14.5. The van der Waals surface area contributed by atoms with Crippen molar-refractivity contribution in [1.82, 2.24) is 10.6 Å². The van der Waals surface area contributed by atoms with E-state index in [0.29, 0.717) is 34.4 Å². The number of hydrogen-bond donors (Lipinski definition) is 3. The Balaban J connectivity index is 1.78. The summed E-state index contributed by atoms with van der Waals surface area (Å²) in [5.74, 6) is -0.126. The number of hydrogen-bond acceptors (Lipinski definition) is 5. The van der Waals surface area contributed by atoms with Gasteiger partial charge in [-0.05, 0) is 55.9 Å². The van der Waals surface area contributed by atoms with Gasteiger partial charge in [0.15, 0.2) is 11.7 Å². The molecule has 0 radical (unpaired) electrons. The molecular formula is C22H23N3O4S. The van der Waals surface area contributed by atoms with Crippen LogP contribution in [0.1, 0.15) is 25.5 Å². The summed E-state index contributed by atoms with van der Waals surface area (Å²) in [5, 5.41) is 9.53. The van der Waals surface area contributed by atoms with E-state index in [0.717, 1.165) is 5.56 Å². The van der Waals surface area contributed by atoms with E-state index in [-0.39, 0.29) is 12.5 Å². The van der Waals surface area contributed by atoms with Crippen LogP contribution in [0.3, 0.4) is 0 Å². The molecule has 156 valence electrons. The first-order valence-corrected chi connectivity index (χ1v) is 9.91. The Labute approximate surface area is 180 Å². The van der Waals surface area contributed by atoms with E-state index in [1.165, 1.54) is 0 Å². The standard InChI is InChI=1S/C22H23N3O4S/c1-3-28-18(26)13-29-17-11-9-15(10-12-17)20-19(14(2)23-22(30)25-20)21(27)24-16-7-5-4-6-8-16/h4-12,20H,3,13H2,1-2H3,(H,24,27)(H2,23,25,30)/t20-/m0/s1. The van der Waals surface area contributed by atoms with Crippen molar-refractivity contribution in [2.45, 2.75) is 19.9 Å². The van der Waals surface area contributed by atoms with Crippen molar-refractivity contribution in [3.05, 3.63) is 71.4 Å². The number of rotatable bonds is 7. The molecule has 1 aliphatic heterocycles. The molecule has 0 aromatic heterocycles. The Bertz CT molecular complexity index is 958. The van der Waals surface area contributed by atoms with Crippen LogP contribution < -0.4 is 20.7 Å². The summed E-state index contributed by atoms with van der Waals surface area (Å²) in [6.45, 7) is 3.70. The molecule has 8 heteroatoms. The highest BCUT2D eigenvalue weighted by Crippen LogP contribution is 2.29. The number of ether oxygens (including phenoxy) is 2. The molecule has 7 nitrogen and oxygen atoms in total. The van der Waals surface area contributed by atoms with Crippen molar-refractivity contribution in [1.29, 1.82) is 0 Å². The molecule has 3 N–H and O–H groups in total. The molecule has 0 fully saturated rings. The third-order valence-corrected chi connectivity index (χ3v) is 4.64. The number of amides is 1. The van der Waals surface area contributed by atoms with Gasteiger partial charge in [-0.1, -0.05) is 30.3 Å².